The Morgan fingerprint density at radius 3 is 2.71 bits per heavy atom. The predicted octanol–water partition coefficient (Wildman–Crippen LogP) is 3.66. The highest BCUT2D eigenvalue weighted by molar-refractivity contribution is 7.93. The zero-order valence-electron chi connectivity index (χ0n) is 11.7. The number of hydrogen-bond acceptors (Lipinski definition) is 6. The van der Waals surface area contributed by atoms with Crippen LogP contribution in [0.15, 0.2) is 20.6 Å². The van der Waals surface area contributed by atoms with E-state index < -0.39 is 9.84 Å². The summed E-state index contributed by atoms with van der Waals surface area (Å²) < 4.78 is 25.0. The Labute approximate surface area is 133 Å². The summed E-state index contributed by atoms with van der Waals surface area (Å²) in [6, 6.07) is 0. The monoisotopic (exact) mass is 342 g/mol. The lowest BCUT2D eigenvalue weighted by atomic mass is 9.87. The highest BCUT2D eigenvalue weighted by atomic mass is 32.2. The van der Waals surface area contributed by atoms with Crippen molar-refractivity contribution in [2.24, 2.45) is 0 Å². The number of thiazole rings is 2. The zero-order chi connectivity index (χ0) is 14.7. The largest absolute Gasteiger partial charge is 0.250 e. The molecule has 0 saturated heterocycles. The van der Waals surface area contributed by atoms with Gasteiger partial charge in [-0.3, -0.25) is 0 Å². The fourth-order valence-electron chi connectivity index (χ4n) is 2.68. The molecule has 0 radical (unpaired) electrons. The second-order valence-electron chi connectivity index (χ2n) is 5.42. The van der Waals surface area contributed by atoms with Gasteiger partial charge in [-0.15, -0.1) is 22.7 Å². The molecule has 0 aromatic carbocycles. The van der Waals surface area contributed by atoms with Gasteiger partial charge in [-0.05, 0) is 12.8 Å². The van der Waals surface area contributed by atoms with E-state index in [1.54, 1.807) is 5.51 Å². The van der Waals surface area contributed by atoms with E-state index in [9.17, 15) is 8.42 Å². The highest BCUT2D eigenvalue weighted by Gasteiger charge is 2.23. The van der Waals surface area contributed by atoms with E-state index in [-0.39, 0.29) is 10.1 Å². The molecule has 2 heterocycles. The molecule has 0 atom stereocenters. The Morgan fingerprint density at radius 1 is 1.19 bits per heavy atom. The summed E-state index contributed by atoms with van der Waals surface area (Å²) in [5.41, 5.74) is 3.55. The molecule has 21 heavy (non-hydrogen) atoms. The van der Waals surface area contributed by atoms with Crippen LogP contribution in [0.4, 0.5) is 0 Å². The third-order valence-corrected chi connectivity index (χ3v) is 7.60. The maximum Gasteiger partial charge on any atom is 0.209 e. The topological polar surface area (TPSA) is 59.9 Å². The molecule has 1 aliphatic rings. The average molecular weight is 343 g/mol. The minimum absolute atomic E-state index is 0.0916. The number of nitrogens with zero attached hydrogens (tertiary/aromatic N) is 2. The fraction of sp³-hybridized carbons (Fsp3) is 0.571. The standard InChI is InChI=1S/C14H18N2O2S3/c17-21(18,7-6-12-8-19-10-15-12)14-16-13(9-20-14)11-4-2-1-3-5-11/h8-11H,1-7H2. The normalized spacial score (nSPS) is 17.1. The molecular formula is C14H18N2O2S3. The van der Waals surface area contributed by atoms with E-state index in [1.807, 2.05) is 10.8 Å². The van der Waals surface area contributed by atoms with E-state index >= 15 is 0 Å². The summed E-state index contributed by atoms with van der Waals surface area (Å²) in [6.07, 6.45) is 6.50. The first-order valence-corrected chi connectivity index (χ1v) is 10.7. The quantitative estimate of drug-likeness (QED) is 0.832. The average Bonchev–Trinajstić information content (AvgIpc) is 3.18. The second kappa shape index (κ2) is 6.54. The fourth-order valence-corrected chi connectivity index (χ4v) is 5.78. The van der Waals surface area contributed by atoms with Gasteiger partial charge in [0.05, 0.1) is 22.7 Å². The van der Waals surface area contributed by atoms with Crippen LogP contribution in [0.5, 0.6) is 0 Å². The lowest BCUT2D eigenvalue weighted by Gasteiger charge is -2.19. The van der Waals surface area contributed by atoms with Gasteiger partial charge in [-0.1, -0.05) is 19.3 Å². The molecule has 1 saturated carbocycles. The first-order valence-electron chi connectivity index (χ1n) is 7.20. The van der Waals surface area contributed by atoms with E-state index in [0.29, 0.717) is 12.3 Å². The molecule has 2 aromatic heterocycles. The smallest absolute Gasteiger partial charge is 0.209 e. The minimum Gasteiger partial charge on any atom is -0.250 e. The third-order valence-electron chi connectivity index (χ3n) is 3.90. The molecule has 0 spiro atoms. The molecule has 4 nitrogen and oxygen atoms in total. The van der Waals surface area contributed by atoms with Gasteiger partial charge in [0.25, 0.3) is 0 Å². The summed E-state index contributed by atoms with van der Waals surface area (Å²) in [4.78, 5) is 8.55. The summed E-state index contributed by atoms with van der Waals surface area (Å²) in [5.74, 6) is 0.548. The maximum absolute atomic E-state index is 12.3. The van der Waals surface area contributed by atoms with Crippen molar-refractivity contribution >= 4 is 32.5 Å². The Bertz CT molecular complexity index is 671. The van der Waals surface area contributed by atoms with Gasteiger partial charge in [0.15, 0.2) is 0 Å². The maximum atomic E-state index is 12.3. The van der Waals surface area contributed by atoms with E-state index in [0.717, 1.165) is 24.2 Å². The lowest BCUT2D eigenvalue weighted by molar-refractivity contribution is 0.437. The first kappa shape index (κ1) is 15.1. The van der Waals surface area contributed by atoms with Crippen LogP contribution in [0.1, 0.15) is 49.4 Å². The van der Waals surface area contributed by atoms with Gasteiger partial charge in [0.2, 0.25) is 14.2 Å². The minimum atomic E-state index is -3.28. The molecule has 3 rings (SSSR count). The van der Waals surface area contributed by atoms with Gasteiger partial charge in [0.1, 0.15) is 0 Å². The van der Waals surface area contributed by atoms with Crippen LogP contribution >= 0.6 is 22.7 Å². The molecule has 0 N–H and O–H groups in total. The van der Waals surface area contributed by atoms with E-state index in [4.69, 9.17) is 0 Å². The van der Waals surface area contributed by atoms with Gasteiger partial charge >= 0.3 is 0 Å². The highest BCUT2D eigenvalue weighted by Crippen LogP contribution is 2.34. The molecule has 0 bridgehead atoms. The van der Waals surface area contributed by atoms with Crippen LogP contribution in [0, 0.1) is 0 Å². The number of sulfone groups is 1. The zero-order valence-corrected chi connectivity index (χ0v) is 14.1. The molecule has 7 heteroatoms. The van der Waals surface area contributed by atoms with Crippen LogP contribution in [-0.4, -0.2) is 24.1 Å². The van der Waals surface area contributed by atoms with Crippen molar-refractivity contribution < 1.29 is 8.42 Å². The van der Waals surface area contributed by atoms with Gasteiger partial charge in [0, 0.05) is 23.1 Å². The molecule has 1 aliphatic carbocycles. The Kier molecular flexibility index (Phi) is 4.71. The summed E-state index contributed by atoms with van der Waals surface area (Å²) >= 11 is 2.76. The van der Waals surface area contributed by atoms with Gasteiger partial charge in [-0.25, -0.2) is 18.4 Å². The van der Waals surface area contributed by atoms with Crippen LogP contribution < -0.4 is 0 Å². The van der Waals surface area contributed by atoms with Gasteiger partial charge in [-0.2, -0.15) is 0 Å². The number of aryl methyl sites for hydroxylation is 1. The third kappa shape index (κ3) is 3.70. The van der Waals surface area contributed by atoms with Crippen LogP contribution in [-0.2, 0) is 16.3 Å². The van der Waals surface area contributed by atoms with Crippen molar-refractivity contribution in [1.82, 2.24) is 9.97 Å². The van der Waals surface area contributed by atoms with Crippen LogP contribution in [0.2, 0.25) is 0 Å². The summed E-state index contributed by atoms with van der Waals surface area (Å²) in [7, 11) is -3.28. The summed E-state index contributed by atoms with van der Waals surface area (Å²) in [5, 5.41) is 3.83. The Hall–Kier alpha value is -0.790. The van der Waals surface area contributed by atoms with Crippen LogP contribution in [0.3, 0.4) is 0 Å². The van der Waals surface area contributed by atoms with Crippen LogP contribution in [0.25, 0.3) is 0 Å². The molecule has 0 unspecified atom stereocenters. The predicted molar refractivity (Wildman–Crippen MR) is 85.8 cm³/mol. The number of aromatic nitrogens is 2. The first-order chi connectivity index (χ1) is 10.1. The molecule has 2 aromatic rings. The summed E-state index contributed by atoms with van der Waals surface area (Å²) in [6.45, 7) is 0. The Balaban J connectivity index is 1.69. The van der Waals surface area contributed by atoms with E-state index in [1.165, 1.54) is 41.9 Å². The van der Waals surface area contributed by atoms with Crippen molar-refractivity contribution in [3.8, 4) is 0 Å². The second-order valence-corrected chi connectivity index (χ2v) is 9.28. The van der Waals surface area contributed by atoms with Crippen molar-refractivity contribution in [3.63, 3.8) is 0 Å². The van der Waals surface area contributed by atoms with Crippen molar-refractivity contribution in [1.29, 1.82) is 0 Å². The molecular weight excluding hydrogens is 324 g/mol. The molecule has 114 valence electrons. The molecule has 0 amide bonds. The van der Waals surface area contributed by atoms with Gasteiger partial charge < -0.3 is 0 Å². The number of hydrogen-bond donors (Lipinski definition) is 0. The lowest BCUT2D eigenvalue weighted by Crippen LogP contribution is -2.10. The number of rotatable bonds is 5. The molecule has 0 aliphatic heterocycles. The SMILES string of the molecule is O=S(=O)(CCc1cscn1)c1nc(C2CCCCC2)cs1. The molecule has 1 fully saturated rings. The van der Waals surface area contributed by atoms with E-state index in [2.05, 4.69) is 9.97 Å². The van der Waals surface area contributed by atoms with Crippen molar-refractivity contribution in [2.75, 3.05) is 5.75 Å². The Morgan fingerprint density at radius 2 is 2.00 bits per heavy atom. The van der Waals surface area contributed by atoms with Crippen molar-refractivity contribution in [3.05, 3.63) is 27.7 Å². The van der Waals surface area contributed by atoms with Crippen molar-refractivity contribution in [2.45, 2.75) is 48.8 Å².